The molecule has 0 saturated heterocycles. The summed E-state index contributed by atoms with van der Waals surface area (Å²) in [6.45, 7) is 0. The molecule has 1 aromatic carbocycles. The minimum atomic E-state index is -0.222. The first-order valence-corrected chi connectivity index (χ1v) is 7.35. The largest absolute Gasteiger partial charge is 0.359 e. The van der Waals surface area contributed by atoms with E-state index in [1.165, 1.54) is 49.2 Å². The van der Waals surface area contributed by atoms with E-state index < -0.39 is 0 Å². The molecule has 2 nitrogen and oxygen atoms in total. The molecule has 0 aliphatic heterocycles. The third kappa shape index (κ3) is 2.31. The maximum atomic E-state index is 13.2. The van der Waals surface area contributed by atoms with Gasteiger partial charge in [-0.2, -0.15) is 0 Å². The minimum Gasteiger partial charge on any atom is -0.359 e. The van der Waals surface area contributed by atoms with E-state index in [2.05, 4.69) is 26.2 Å². The molecule has 2 aromatic rings. The summed E-state index contributed by atoms with van der Waals surface area (Å²) in [7, 11) is 0. The fourth-order valence-electron chi connectivity index (χ4n) is 2.26. The molecule has 1 fully saturated rings. The van der Waals surface area contributed by atoms with Gasteiger partial charge in [-0.15, -0.1) is 0 Å². The Morgan fingerprint density at radius 1 is 1.35 bits per heavy atom. The summed E-state index contributed by atoms with van der Waals surface area (Å²) >= 11 is 4.87. The predicted molar refractivity (Wildman–Crippen MR) is 73.2 cm³/mol. The summed E-state index contributed by atoms with van der Waals surface area (Å²) in [5, 5.41) is 4.34. The van der Waals surface area contributed by atoms with Crippen molar-refractivity contribution in [3.63, 3.8) is 0 Å². The topological polar surface area (TPSA) is 24.9 Å². The fourth-order valence-corrected chi connectivity index (χ4v) is 3.91. The summed E-state index contributed by atoms with van der Waals surface area (Å²) in [5.41, 5.74) is 0.844. The van der Waals surface area contributed by atoms with Gasteiger partial charge in [0.1, 0.15) is 5.82 Å². The van der Waals surface area contributed by atoms with Crippen molar-refractivity contribution in [3.05, 3.63) is 22.4 Å². The molecule has 17 heavy (non-hydrogen) atoms. The van der Waals surface area contributed by atoms with E-state index in [1.54, 1.807) is 0 Å². The highest BCUT2D eigenvalue weighted by molar-refractivity contribution is 9.10. The van der Waals surface area contributed by atoms with Gasteiger partial charge in [-0.25, -0.2) is 9.37 Å². The van der Waals surface area contributed by atoms with Crippen molar-refractivity contribution in [2.45, 2.75) is 31.7 Å². The van der Waals surface area contributed by atoms with E-state index in [4.69, 9.17) is 0 Å². The zero-order chi connectivity index (χ0) is 11.8. The lowest BCUT2D eigenvalue weighted by atomic mass is 10.3. The van der Waals surface area contributed by atoms with Crippen LogP contribution in [0, 0.1) is 5.82 Å². The first-order chi connectivity index (χ1) is 8.22. The second kappa shape index (κ2) is 4.53. The molecule has 0 spiro atoms. The first-order valence-electron chi connectivity index (χ1n) is 5.74. The predicted octanol–water partition coefficient (Wildman–Crippen LogP) is 4.55. The molecular formula is C12H12BrFN2S. The monoisotopic (exact) mass is 314 g/mol. The second-order valence-electron chi connectivity index (χ2n) is 4.38. The highest BCUT2D eigenvalue weighted by Crippen LogP contribution is 2.33. The number of rotatable bonds is 2. The van der Waals surface area contributed by atoms with Gasteiger partial charge in [0.2, 0.25) is 0 Å². The van der Waals surface area contributed by atoms with Crippen LogP contribution in [0.3, 0.4) is 0 Å². The molecule has 0 radical (unpaired) electrons. The van der Waals surface area contributed by atoms with Crippen LogP contribution < -0.4 is 5.32 Å². The Morgan fingerprint density at radius 2 is 2.12 bits per heavy atom. The van der Waals surface area contributed by atoms with Crippen LogP contribution >= 0.6 is 27.3 Å². The molecule has 0 amide bonds. The zero-order valence-electron chi connectivity index (χ0n) is 9.17. The Balaban J connectivity index is 1.93. The minimum absolute atomic E-state index is 0.222. The van der Waals surface area contributed by atoms with Crippen LogP contribution in [-0.2, 0) is 0 Å². The number of aromatic nitrogens is 1. The van der Waals surface area contributed by atoms with Crippen molar-refractivity contribution >= 4 is 42.6 Å². The Bertz CT molecular complexity index is 549. The van der Waals surface area contributed by atoms with Crippen LogP contribution in [0.1, 0.15) is 25.7 Å². The molecular weight excluding hydrogens is 303 g/mol. The summed E-state index contributed by atoms with van der Waals surface area (Å²) < 4.78 is 14.9. The van der Waals surface area contributed by atoms with Crippen molar-refractivity contribution in [2.24, 2.45) is 0 Å². The molecule has 1 aromatic heterocycles. The summed E-state index contributed by atoms with van der Waals surface area (Å²) in [6.07, 6.45) is 5.01. The van der Waals surface area contributed by atoms with Crippen molar-refractivity contribution in [2.75, 3.05) is 5.32 Å². The lowest BCUT2D eigenvalue weighted by Crippen LogP contribution is -2.13. The van der Waals surface area contributed by atoms with Crippen LogP contribution in [0.25, 0.3) is 10.2 Å². The maximum Gasteiger partial charge on any atom is 0.184 e. The van der Waals surface area contributed by atoms with Crippen LogP contribution in [-0.4, -0.2) is 11.0 Å². The Kier molecular flexibility index (Phi) is 3.04. The second-order valence-corrected chi connectivity index (χ2v) is 6.26. The molecule has 1 saturated carbocycles. The molecule has 0 bridgehead atoms. The average Bonchev–Trinajstić information content (AvgIpc) is 2.87. The van der Waals surface area contributed by atoms with Gasteiger partial charge in [-0.1, -0.05) is 24.2 Å². The Morgan fingerprint density at radius 3 is 2.88 bits per heavy atom. The Hall–Kier alpha value is -0.680. The maximum absolute atomic E-state index is 13.2. The number of thiazole rings is 1. The molecule has 1 aliphatic rings. The van der Waals surface area contributed by atoms with Gasteiger partial charge >= 0.3 is 0 Å². The molecule has 1 aliphatic carbocycles. The number of hydrogen-bond donors (Lipinski definition) is 1. The number of halogens is 2. The normalized spacial score (nSPS) is 16.8. The van der Waals surface area contributed by atoms with E-state index in [1.807, 2.05) is 0 Å². The summed E-state index contributed by atoms with van der Waals surface area (Å²) in [5.74, 6) is -0.222. The van der Waals surface area contributed by atoms with Gasteiger partial charge in [0.05, 0.1) is 10.2 Å². The van der Waals surface area contributed by atoms with Crippen LogP contribution in [0.15, 0.2) is 16.6 Å². The third-order valence-corrected chi connectivity index (χ3v) is 4.63. The number of nitrogens with one attached hydrogen (secondary N) is 1. The molecule has 1 heterocycles. The van der Waals surface area contributed by atoms with Gasteiger partial charge in [0.15, 0.2) is 5.13 Å². The quantitative estimate of drug-likeness (QED) is 0.879. The van der Waals surface area contributed by atoms with Crippen LogP contribution in [0.2, 0.25) is 0 Å². The summed E-state index contributed by atoms with van der Waals surface area (Å²) in [6, 6.07) is 3.54. The van der Waals surface area contributed by atoms with E-state index in [9.17, 15) is 4.39 Å². The third-order valence-electron chi connectivity index (χ3n) is 3.10. The number of fused-ring (bicyclic) bond motifs is 1. The number of anilines is 1. The lowest BCUT2D eigenvalue weighted by Gasteiger charge is -2.09. The summed E-state index contributed by atoms with van der Waals surface area (Å²) in [4.78, 5) is 4.51. The van der Waals surface area contributed by atoms with Gasteiger partial charge in [-0.05, 0) is 40.9 Å². The lowest BCUT2D eigenvalue weighted by molar-refractivity contribution is 0.629. The van der Waals surface area contributed by atoms with E-state index in [-0.39, 0.29) is 5.82 Å². The van der Waals surface area contributed by atoms with E-state index in [0.29, 0.717) is 6.04 Å². The number of nitrogens with zero attached hydrogens (tertiary/aromatic N) is 1. The molecule has 0 atom stereocenters. The SMILES string of the molecule is Fc1cc(Br)c2nc(NC3CCCC3)sc2c1. The number of benzene rings is 1. The van der Waals surface area contributed by atoms with E-state index in [0.717, 1.165) is 19.8 Å². The molecule has 3 rings (SSSR count). The molecule has 0 unspecified atom stereocenters. The zero-order valence-corrected chi connectivity index (χ0v) is 11.6. The van der Waals surface area contributed by atoms with Gasteiger partial charge in [0.25, 0.3) is 0 Å². The smallest absolute Gasteiger partial charge is 0.184 e. The van der Waals surface area contributed by atoms with Crippen molar-refractivity contribution in [1.82, 2.24) is 4.98 Å². The average molecular weight is 315 g/mol. The highest BCUT2D eigenvalue weighted by Gasteiger charge is 2.17. The van der Waals surface area contributed by atoms with Gasteiger partial charge < -0.3 is 5.32 Å². The molecule has 5 heteroatoms. The van der Waals surface area contributed by atoms with Crippen molar-refractivity contribution < 1.29 is 4.39 Å². The fraction of sp³-hybridized carbons (Fsp3) is 0.417. The Labute approximate surface area is 111 Å². The first kappa shape index (κ1) is 11.4. The number of hydrogen-bond acceptors (Lipinski definition) is 3. The van der Waals surface area contributed by atoms with Crippen LogP contribution in [0.4, 0.5) is 9.52 Å². The highest BCUT2D eigenvalue weighted by atomic mass is 79.9. The van der Waals surface area contributed by atoms with Gasteiger partial charge in [0, 0.05) is 10.5 Å². The van der Waals surface area contributed by atoms with Crippen molar-refractivity contribution in [1.29, 1.82) is 0 Å². The standard InChI is InChI=1S/C12H12BrFN2S/c13-9-5-7(14)6-10-11(9)16-12(17-10)15-8-3-1-2-4-8/h5-6,8H,1-4H2,(H,15,16). The van der Waals surface area contributed by atoms with Gasteiger partial charge in [-0.3, -0.25) is 0 Å². The molecule has 1 N–H and O–H groups in total. The van der Waals surface area contributed by atoms with E-state index >= 15 is 0 Å². The van der Waals surface area contributed by atoms with Crippen molar-refractivity contribution in [3.8, 4) is 0 Å². The molecule has 90 valence electrons. The van der Waals surface area contributed by atoms with Crippen LogP contribution in [0.5, 0.6) is 0 Å².